The van der Waals surface area contributed by atoms with Crippen molar-refractivity contribution >= 4 is 6.09 Å². The van der Waals surface area contributed by atoms with Gasteiger partial charge in [-0.15, -0.1) is 0 Å². The van der Waals surface area contributed by atoms with E-state index in [0.717, 1.165) is 37.9 Å². The van der Waals surface area contributed by atoms with E-state index in [1.165, 1.54) is 5.56 Å². The van der Waals surface area contributed by atoms with Crippen molar-refractivity contribution in [2.45, 2.75) is 25.9 Å². The molecule has 0 unspecified atom stereocenters. The van der Waals surface area contributed by atoms with Crippen molar-refractivity contribution in [1.29, 1.82) is 0 Å². The van der Waals surface area contributed by atoms with Gasteiger partial charge in [-0.3, -0.25) is 4.68 Å². The Morgan fingerprint density at radius 1 is 1.30 bits per heavy atom. The molecule has 1 aromatic carbocycles. The number of ether oxygens (including phenoxy) is 1. The van der Waals surface area contributed by atoms with Crippen molar-refractivity contribution in [3.63, 3.8) is 0 Å². The van der Waals surface area contributed by atoms with Crippen molar-refractivity contribution in [2.75, 3.05) is 13.1 Å². The lowest BCUT2D eigenvalue weighted by atomic mass is 9.91. The predicted molar refractivity (Wildman–Crippen MR) is 87.8 cm³/mol. The Morgan fingerprint density at radius 2 is 2.09 bits per heavy atom. The third-order valence-corrected chi connectivity index (χ3v) is 4.29. The maximum Gasteiger partial charge on any atom is 0.410 e. The van der Waals surface area contributed by atoms with Crippen molar-refractivity contribution in [2.24, 2.45) is 12.9 Å². The van der Waals surface area contributed by atoms with Crippen LogP contribution in [0.5, 0.6) is 0 Å². The van der Waals surface area contributed by atoms with E-state index in [-0.39, 0.29) is 13.1 Å². The molecule has 1 aliphatic rings. The molecule has 1 fully saturated rings. The second-order valence-corrected chi connectivity index (χ2v) is 6.06. The van der Waals surface area contributed by atoms with Gasteiger partial charge in [0.2, 0.25) is 0 Å². The van der Waals surface area contributed by atoms with Gasteiger partial charge >= 0.3 is 6.09 Å². The van der Waals surface area contributed by atoms with Crippen LogP contribution in [0.1, 0.15) is 25.3 Å². The molecule has 0 saturated carbocycles. The summed E-state index contributed by atoms with van der Waals surface area (Å²) in [6.07, 6.45) is 6.48. The number of rotatable bonds is 4. The third-order valence-electron chi connectivity index (χ3n) is 4.29. The minimum atomic E-state index is -0.223. The molecule has 0 N–H and O–H groups in total. The van der Waals surface area contributed by atoms with Crippen molar-refractivity contribution in [3.05, 3.63) is 53.9 Å². The summed E-state index contributed by atoms with van der Waals surface area (Å²) in [6, 6.07) is 9.74. The second-order valence-electron chi connectivity index (χ2n) is 6.06. The van der Waals surface area contributed by atoms with Gasteiger partial charge in [0.05, 0.1) is 6.20 Å². The number of carbonyl (C=O) groups is 1. The molecule has 2 aromatic rings. The number of benzene rings is 1. The van der Waals surface area contributed by atoms with Gasteiger partial charge in [0, 0.05) is 27.7 Å². The van der Waals surface area contributed by atoms with Crippen LogP contribution in [-0.2, 0) is 24.8 Å². The molecule has 1 amide bonds. The lowest BCUT2D eigenvalue weighted by Crippen LogP contribution is -2.39. The van der Waals surface area contributed by atoms with E-state index < -0.39 is 0 Å². The first-order valence-electron chi connectivity index (χ1n) is 8.71. The number of amides is 1. The molecule has 0 radical (unpaired) electrons. The van der Waals surface area contributed by atoms with Gasteiger partial charge in [0.15, 0.2) is 0 Å². The van der Waals surface area contributed by atoms with E-state index >= 15 is 0 Å². The zero-order chi connectivity index (χ0) is 16.8. The first-order valence-corrected chi connectivity index (χ1v) is 8.01. The molecule has 122 valence electrons. The minimum absolute atomic E-state index is 0.158. The van der Waals surface area contributed by atoms with Crippen LogP contribution < -0.4 is 0 Å². The zero-order valence-corrected chi connectivity index (χ0v) is 13.2. The van der Waals surface area contributed by atoms with Gasteiger partial charge in [-0.2, -0.15) is 5.10 Å². The SMILES string of the molecule is [2H]Cn1cc(CC2CCN(C(=O)OCc3ccccc3)CC2)cn1. The quantitative estimate of drug-likeness (QED) is 0.871. The van der Waals surface area contributed by atoms with Gasteiger partial charge in [-0.05, 0) is 36.3 Å². The molecule has 0 atom stereocenters. The highest BCUT2D eigenvalue weighted by molar-refractivity contribution is 5.67. The van der Waals surface area contributed by atoms with Gasteiger partial charge in [0.25, 0.3) is 0 Å². The van der Waals surface area contributed by atoms with Crippen LogP contribution >= 0.6 is 0 Å². The summed E-state index contributed by atoms with van der Waals surface area (Å²) in [5, 5.41) is 4.14. The smallest absolute Gasteiger partial charge is 0.410 e. The molecular weight excluding hydrogens is 290 g/mol. The molecule has 0 bridgehead atoms. The van der Waals surface area contributed by atoms with E-state index in [9.17, 15) is 4.79 Å². The molecule has 1 saturated heterocycles. The Kier molecular flexibility index (Phi) is 4.55. The highest BCUT2D eigenvalue weighted by Gasteiger charge is 2.24. The molecule has 5 heteroatoms. The van der Waals surface area contributed by atoms with E-state index in [4.69, 9.17) is 6.11 Å². The predicted octanol–water partition coefficient (Wildman–Crippen LogP) is 3.01. The summed E-state index contributed by atoms with van der Waals surface area (Å²) in [5.41, 5.74) is 2.18. The van der Waals surface area contributed by atoms with E-state index in [1.807, 2.05) is 42.7 Å². The van der Waals surface area contributed by atoms with Crippen LogP contribution in [0, 0.1) is 5.92 Å². The number of aryl methyl sites for hydroxylation is 1. The first-order chi connectivity index (χ1) is 11.7. The normalized spacial score (nSPS) is 16.2. The Labute approximate surface area is 138 Å². The summed E-state index contributed by atoms with van der Waals surface area (Å²) >= 11 is 0. The minimum Gasteiger partial charge on any atom is -0.445 e. The molecule has 2 heterocycles. The number of nitrogens with zero attached hydrogens (tertiary/aromatic N) is 3. The number of aromatic nitrogens is 2. The average Bonchev–Trinajstić information content (AvgIpc) is 3.09. The molecule has 0 aliphatic carbocycles. The van der Waals surface area contributed by atoms with Crippen LogP contribution in [0.25, 0.3) is 0 Å². The lowest BCUT2D eigenvalue weighted by Gasteiger charge is -2.31. The van der Waals surface area contributed by atoms with Crippen LogP contribution in [0.15, 0.2) is 42.7 Å². The molecule has 3 rings (SSSR count). The highest BCUT2D eigenvalue weighted by atomic mass is 16.6. The number of likely N-dealkylation sites (tertiary alicyclic amines) is 1. The largest absolute Gasteiger partial charge is 0.445 e. The summed E-state index contributed by atoms with van der Waals surface area (Å²) in [7, 11) is 0.158. The number of hydrogen-bond donors (Lipinski definition) is 0. The first kappa shape index (κ1) is 14.3. The van der Waals surface area contributed by atoms with Gasteiger partial charge in [0.1, 0.15) is 6.61 Å². The van der Waals surface area contributed by atoms with E-state index in [2.05, 4.69) is 5.10 Å². The van der Waals surface area contributed by atoms with Gasteiger partial charge in [-0.25, -0.2) is 4.79 Å². The fourth-order valence-corrected chi connectivity index (χ4v) is 2.98. The number of carbonyl (C=O) groups excluding carboxylic acids is 1. The van der Waals surface area contributed by atoms with E-state index in [1.54, 1.807) is 9.58 Å². The number of piperidine rings is 1. The molecule has 1 aliphatic heterocycles. The second kappa shape index (κ2) is 7.31. The highest BCUT2D eigenvalue weighted by Crippen LogP contribution is 2.22. The van der Waals surface area contributed by atoms with Crippen molar-refractivity contribution in [3.8, 4) is 0 Å². The molecule has 5 nitrogen and oxygen atoms in total. The summed E-state index contributed by atoms with van der Waals surface area (Å²) < 4.78 is 14.3. The van der Waals surface area contributed by atoms with Crippen molar-refractivity contribution in [1.82, 2.24) is 14.7 Å². The maximum absolute atomic E-state index is 12.1. The lowest BCUT2D eigenvalue weighted by molar-refractivity contribution is 0.0823. The topological polar surface area (TPSA) is 47.4 Å². The number of hydrogen-bond acceptors (Lipinski definition) is 3. The monoisotopic (exact) mass is 314 g/mol. The van der Waals surface area contributed by atoms with E-state index in [0.29, 0.717) is 12.5 Å². The van der Waals surface area contributed by atoms with Crippen molar-refractivity contribution < 1.29 is 10.9 Å². The van der Waals surface area contributed by atoms with Crippen LogP contribution in [0.4, 0.5) is 4.79 Å². The summed E-state index contributed by atoms with van der Waals surface area (Å²) in [4.78, 5) is 13.9. The molecule has 1 aromatic heterocycles. The molecule has 23 heavy (non-hydrogen) atoms. The summed E-state index contributed by atoms with van der Waals surface area (Å²) in [6.45, 7) is 1.81. The summed E-state index contributed by atoms with van der Waals surface area (Å²) in [5.74, 6) is 0.562. The Balaban J connectivity index is 1.42. The van der Waals surface area contributed by atoms with Crippen LogP contribution in [-0.4, -0.2) is 33.9 Å². The molecule has 0 spiro atoms. The average molecular weight is 314 g/mol. The zero-order valence-electron chi connectivity index (χ0n) is 14.2. The Hall–Kier alpha value is -2.30. The van der Waals surface area contributed by atoms with Crippen LogP contribution in [0.3, 0.4) is 0 Å². The van der Waals surface area contributed by atoms with Gasteiger partial charge in [-0.1, -0.05) is 30.3 Å². The Bertz CT molecular complexity index is 651. The Morgan fingerprint density at radius 3 is 2.78 bits per heavy atom. The maximum atomic E-state index is 12.1. The fraction of sp³-hybridized carbons (Fsp3) is 0.444. The third kappa shape index (κ3) is 4.34. The fourth-order valence-electron chi connectivity index (χ4n) is 2.98. The van der Waals surface area contributed by atoms with Gasteiger partial charge < -0.3 is 9.64 Å². The standard InChI is InChI=1S/C18H23N3O2/c1-20-13-17(12-19-20)11-15-7-9-21(10-8-15)18(22)23-14-16-5-3-2-4-6-16/h2-6,12-13,15H,7-11,14H2,1H3/i1D. The molecular formula is C18H23N3O2. The van der Waals surface area contributed by atoms with Crippen LogP contribution in [0.2, 0.25) is 0 Å².